The van der Waals surface area contributed by atoms with Crippen molar-refractivity contribution in [3.8, 4) is 0 Å². The van der Waals surface area contributed by atoms with E-state index in [0.29, 0.717) is 5.56 Å². The Kier molecular flexibility index (Phi) is 4.98. The summed E-state index contributed by atoms with van der Waals surface area (Å²) in [6.07, 6.45) is 0.188. The van der Waals surface area contributed by atoms with Crippen molar-refractivity contribution in [2.24, 2.45) is 0 Å². The number of aromatic nitrogens is 1. The van der Waals surface area contributed by atoms with E-state index in [2.05, 4.69) is 10.3 Å². The molecule has 0 atom stereocenters. The quantitative estimate of drug-likeness (QED) is 0.838. The number of alkyl halides is 3. The molecule has 2 aromatic rings. The molecule has 0 saturated heterocycles. The topological polar surface area (TPSA) is 79.3 Å². The summed E-state index contributed by atoms with van der Waals surface area (Å²) in [6.45, 7) is 0. The Balaban J connectivity index is 2.18. The molecule has 1 amide bonds. The van der Waals surface area contributed by atoms with Gasteiger partial charge in [-0.3, -0.25) is 9.78 Å². The first-order chi connectivity index (χ1) is 11.3. The number of halogens is 3. The zero-order chi connectivity index (χ0) is 17.7. The molecule has 8 heteroatoms. The van der Waals surface area contributed by atoms with Gasteiger partial charge in [0.05, 0.1) is 11.1 Å². The molecule has 0 bridgehead atoms. The highest BCUT2D eigenvalue weighted by Gasteiger charge is 2.30. The minimum absolute atomic E-state index is 0.0127. The molecule has 1 aromatic carbocycles. The number of pyridine rings is 1. The van der Waals surface area contributed by atoms with Gasteiger partial charge in [-0.1, -0.05) is 6.07 Å². The van der Waals surface area contributed by atoms with Crippen LogP contribution >= 0.6 is 0 Å². The molecule has 0 spiro atoms. The molecule has 24 heavy (non-hydrogen) atoms. The number of nitrogens with zero attached hydrogens (tertiary/aromatic N) is 1. The predicted octanol–water partition coefficient (Wildman–Crippen LogP) is 3.45. The van der Waals surface area contributed by atoms with Crippen molar-refractivity contribution in [3.05, 3.63) is 65.5 Å². The standard InChI is InChI=1S/C16H11F3N2O3/c17-16(18,19)12-2-1-3-13(7-12)21-15(24)11-6-10(8-20-9-11)4-5-14(22)23/h1-9H,(H,21,24)(H,22,23)/b5-4+. The summed E-state index contributed by atoms with van der Waals surface area (Å²) in [5.74, 6) is -1.82. The number of hydrogen-bond acceptors (Lipinski definition) is 3. The number of amides is 1. The third-order valence-corrected chi connectivity index (χ3v) is 2.89. The van der Waals surface area contributed by atoms with Crippen LogP contribution in [0.3, 0.4) is 0 Å². The van der Waals surface area contributed by atoms with Gasteiger partial charge in [-0.25, -0.2) is 4.79 Å². The number of hydrogen-bond donors (Lipinski definition) is 2. The number of carboxylic acids is 1. The van der Waals surface area contributed by atoms with Gasteiger partial charge < -0.3 is 10.4 Å². The van der Waals surface area contributed by atoms with E-state index in [-0.39, 0.29) is 11.3 Å². The van der Waals surface area contributed by atoms with Crippen molar-refractivity contribution in [1.29, 1.82) is 0 Å². The number of rotatable bonds is 4. The van der Waals surface area contributed by atoms with Crippen LogP contribution in [0.2, 0.25) is 0 Å². The van der Waals surface area contributed by atoms with Crippen LogP contribution < -0.4 is 5.32 Å². The minimum atomic E-state index is -4.51. The van der Waals surface area contributed by atoms with Gasteiger partial charge in [0.1, 0.15) is 0 Å². The van der Waals surface area contributed by atoms with Crippen LogP contribution in [-0.2, 0) is 11.0 Å². The lowest BCUT2D eigenvalue weighted by atomic mass is 10.1. The molecule has 0 aliphatic heterocycles. The van der Waals surface area contributed by atoms with Gasteiger partial charge in [0.2, 0.25) is 0 Å². The maximum Gasteiger partial charge on any atom is 0.416 e. The van der Waals surface area contributed by atoms with E-state index in [1.54, 1.807) is 0 Å². The average Bonchev–Trinajstić information content (AvgIpc) is 2.52. The normalized spacial score (nSPS) is 11.5. The highest BCUT2D eigenvalue weighted by Crippen LogP contribution is 2.30. The maximum absolute atomic E-state index is 12.7. The van der Waals surface area contributed by atoms with E-state index in [4.69, 9.17) is 5.11 Å². The fourth-order valence-corrected chi connectivity index (χ4v) is 1.82. The lowest BCUT2D eigenvalue weighted by Gasteiger charge is -2.10. The van der Waals surface area contributed by atoms with Crippen molar-refractivity contribution in [1.82, 2.24) is 4.98 Å². The Hall–Kier alpha value is -3.16. The van der Waals surface area contributed by atoms with Crippen LogP contribution in [0.1, 0.15) is 21.5 Å². The van der Waals surface area contributed by atoms with Crippen LogP contribution in [0.5, 0.6) is 0 Å². The Morgan fingerprint density at radius 1 is 1.17 bits per heavy atom. The molecule has 2 rings (SSSR count). The molecular formula is C16H11F3N2O3. The first-order valence-corrected chi connectivity index (χ1v) is 6.60. The predicted molar refractivity (Wildman–Crippen MR) is 80.3 cm³/mol. The van der Waals surface area contributed by atoms with Crippen LogP contribution in [0.4, 0.5) is 18.9 Å². The van der Waals surface area contributed by atoms with Gasteiger partial charge >= 0.3 is 12.1 Å². The smallest absolute Gasteiger partial charge is 0.416 e. The number of carbonyl (C=O) groups is 2. The highest BCUT2D eigenvalue weighted by atomic mass is 19.4. The van der Waals surface area contributed by atoms with Gasteiger partial charge in [-0.2, -0.15) is 13.2 Å². The van der Waals surface area contributed by atoms with E-state index in [1.807, 2.05) is 0 Å². The van der Waals surface area contributed by atoms with E-state index in [1.165, 1.54) is 36.7 Å². The van der Waals surface area contributed by atoms with Gasteiger partial charge in [-0.05, 0) is 35.9 Å². The highest BCUT2D eigenvalue weighted by molar-refractivity contribution is 6.04. The van der Waals surface area contributed by atoms with E-state index >= 15 is 0 Å². The molecule has 124 valence electrons. The molecule has 1 aromatic heterocycles. The van der Waals surface area contributed by atoms with Gasteiger partial charge in [0.15, 0.2) is 0 Å². The third-order valence-electron chi connectivity index (χ3n) is 2.89. The molecule has 0 aliphatic rings. The van der Waals surface area contributed by atoms with Crippen molar-refractivity contribution < 1.29 is 27.9 Å². The number of carboxylic acid groups (broad SMARTS) is 1. The molecule has 1 heterocycles. The Morgan fingerprint density at radius 2 is 1.92 bits per heavy atom. The van der Waals surface area contributed by atoms with E-state index in [0.717, 1.165) is 18.2 Å². The second kappa shape index (κ2) is 6.95. The van der Waals surface area contributed by atoms with E-state index < -0.39 is 23.6 Å². The monoisotopic (exact) mass is 336 g/mol. The van der Waals surface area contributed by atoms with Gasteiger partial charge in [0, 0.05) is 24.2 Å². The summed E-state index contributed by atoms with van der Waals surface area (Å²) in [7, 11) is 0. The second-order valence-corrected chi connectivity index (χ2v) is 4.71. The number of aliphatic carboxylic acids is 1. The summed E-state index contributed by atoms with van der Waals surface area (Å²) >= 11 is 0. The summed E-state index contributed by atoms with van der Waals surface area (Å²) in [5, 5.41) is 10.9. The van der Waals surface area contributed by atoms with Crippen molar-refractivity contribution >= 4 is 23.6 Å². The Labute approximate surface area is 134 Å². The molecule has 2 N–H and O–H groups in total. The fourth-order valence-electron chi connectivity index (χ4n) is 1.82. The van der Waals surface area contributed by atoms with Crippen LogP contribution in [0.25, 0.3) is 6.08 Å². The molecule has 0 fully saturated rings. The number of nitrogens with one attached hydrogen (secondary N) is 1. The maximum atomic E-state index is 12.7. The lowest BCUT2D eigenvalue weighted by Crippen LogP contribution is -2.13. The van der Waals surface area contributed by atoms with Gasteiger partial charge in [0.25, 0.3) is 5.91 Å². The first kappa shape index (κ1) is 17.2. The largest absolute Gasteiger partial charge is 0.478 e. The van der Waals surface area contributed by atoms with Crippen LogP contribution in [0.15, 0.2) is 48.8 Å². The van der Waals surface area contributed by atoms with Crippen LogP contribution in [-0.4, -0.2) is 22.0 Å². The average molecular weight is 336 g/mol. The molecule has 0 saturated carbocycles. The minimum Gasteiger partial charge on any atom is -0.478 e. The van der Waals surface area contributed by atoms with Crippen molar-refractivity contribution in [3.63, 3.8) is 0 Å². The summed E-state index contributed by atoms with van der Waals surface area (Å²) in [4.78, 5) is 26.4. The number of carbonyl (C=O) groups excluding carboxylic acids is 1. The zero-order valence-corrected chi connectivity index (χ0v) is 12.0. The lowest BCUT2D eigenvalue weighted by molar-refractivity contribution is -0.137. The van der Waals surface area contributed by atoms with Crippen LogP contribution in [0, 0.1) is 0 Å². The van der Waals surface area contributed by atoms with Gasteiger partial charge in [-0.15, -0.1) is 0 Å². The van der Waals surface area contributed by atoms with Crippen molar-refractivity contribution in [2.75, 3.05) is 5.32 Å². The SMILES string of the molecule is O=C(O)/C=C/c1cncc(C(=O)Nc2cccc(C(F)(F)F)c2)c1. The van der Waals surface area contributed by atoms with E-state index in [9.17, 15) is 22.8 Å². The molecule has 5 nitrogen and oxygen atoms in total. The first-order valence-electron chi connectivity index (χ1n) is 6.60. The Bertz CT molecular complexity index is 801. The summed E-state index contributed by atoms with van der Waals surface area (Å²) in [6, 6.07) is 5.60. The number of benzene rings is 1. The zero-order valence-electron chi connectivity index (χ0n) is 12.0. The fraction of sp³-hybridized carbons (Fsp3) is 0.0625. The summed E-state index contributed by atoms with van der Waals surface area (Å²) < 4.78 is 38.0. The Morgan fingerprint density at radius 3 is 2.58 bits per heavy atom. The second-order valence-electron chi connectivity index (χ2n) is 4.71. The molecule has 0 radical (unpaired) electrons. The van der Waals surface area contributed by atoms with Crippen molar-refractivity contribution in [2.45, 2.75) is 6.18 Å². The third kappa shape index (κ3) is 4.67. The summed E-state index contributed by atoms with van der Waals surface area (Å²) in [5.41, 5.74) is -0.438. The molecule has 0 aliphatic carbocycles. The molecular weight excluding hydrogens is 325 g/mol. The molecule has 0 unspecified atom stereocenters. The number of anilines is 1.